The van der Waals surface area contributed by atoms with Gasteiger partial charge in [0.15, 0.2) is 12.2 Å². The van der Waals surface area contributed by atoms with Gasteiger partial charge in [0, 0.05) is 11.1 Å². The fraction of sp³-hybridized carbons (Fsp3) is 0.222. The zero-order valence-electron chi connectivity index (χ0n) is 12.9. The van der Waals surface area contributed by atoms with Crippen LogP contribution in [0.1, 0.15) is 23.3 Å². The van der Waals surface area contributed by atoms with Crippen molar-refractivity contribution in [2.75, 3.05) is 0 Å². The molecule has 8 heteroatoms. The van der Waals surface area contributed by atoms with Crippen molar-refractivity contribution in [3.63, 3.8) is 0 Å². The average molecular weight is 374 g/mol. The molecule has 0 radical (unpaired) electrons. The Hall–Kier alpha value is -2.32. The Kier molecular flexibility index (Phi) is 4.36. The fourth-order valence-corrected chi connectivity index (χ4v) is 3.11. The molecule has 0 aromatic heterocycles. The van der Waals surface area contributed by atoms with Gasteiger partial charge in [-0.2, -0.15) is 26.3 Å². The SMILES string of the molecule is O[C@@H](c1c2ccccc2c([C@H](O)C(F)(F)F)c2ccccc12)C(F)(F)F. The Morgan fingerprint density at radius 1 is 0.538 bits per heavy atom. The van der Waals surface area contributed by atoms with Crippen LogP contribution in [0.15, 0.2) is 48.5 Å². The maximum absolute atomic E-state index is 13.2. The molecule has 0 heterocycles. The molecule has 0 amide bonds. The van der Waals surface area contributed by atoms with Gasteiger partial charge in [-0.05, 0) is 21.5 Å². The van der Waals surface area contributed by atoms with Crippen LogP contribution in [0.3, 0.4) is 0 Å². The quantitative estimate of drug-likeness (QED) is 0.479. The Labute approximate surface area is 143 Å². The van der Waals surface area contributed by atoms with Crippen molar-refractivity contribution in [2.24, 2.45) is 0 Å². The van der Waals surface area contributed by atoms with Gasteiger partial charge >= 0.3 is 12.4 Å². The minimum absolute atomic E-state index is 0.200. The van der Waals surface area contributed by atoms with Crippen molar-refractivity contribution in [1.29, 1.82) is 0 Å². The van der Waals surface area contributed by atoms with Crippen LogP contribution in [0.25, 0.3) is 21.5 Å². The van der Waals surface area contributed by atoms with Crippen LogP contribution in [0, 0.1) is 0 Å². The van der Waals surface area contributed by atoms with Gasteiger partial charge in [0.1, 0.15) is 0 Å². The highest BCUT2D eigenvalue weighted by Crippen LogP contribution is 2.46. The van der Waals surface area contributed by atoms with E-state index >= 15 is 0 Å². The second-order valence-corrected chi connectivity index (χ2v) is 5.81. The Morgan fingerprint density at radius 3 is 0.962 bits per heavy atom. The van der Waals surface area contributed by atoms with Gasteiger partial charge in [-0.3, -0.25) is 0 Å². The molecule has 2 N–H and O–H groups in total. The molecule has 3 rings (SSSR count). The summed E-state index contributed by atoms with van der Waals surface area (Å²) in [5.41, 5.74) is -1.08. The molecule has 0 aliphatic carbocycles. The maximum Gasteiger partial charge on any atom is 0.418 e. The van der Waals surface area contributed by atoms with E-state index in [4.69, 9.17) is 0 Å². The third kappa shape index (κ3) is 2.99. The summed E-state index contributed by atoms with van der Waals surface area (Å²) >= 11 is 0. The first-order chi connectivity index (χ1) is 12.0. The number of aliphatic hydroxyl groups is 2. The summed E-state index contributed by atoms with van der Waals surface area (Å²) in [6.07, 6.45) is -15.8. The molecule has 0 saturated carbocycles. The fourth-order valence-electron chi connectivity index (χ4n) is 3.11. The molecule has 0 bridgehead atoms. The van der Waals surface area contributed by atoms with Gasteiger partial charge < -0.3 is 10.2 Å². The second kappa shape index (κ2) is 6.14. The van der Waals surface area contributed by atoms with Gasteiger partial charge in [-0.1, -0.05) is 48.5 Å². The normalized spacial score (nSPS) is 15.4. The molecule has 0 aliphatic rings. The number of benzene rings is 3. The van der Waals surface area contributed by atoms with Gasteiger partial charge in [0.2, 0.25) is 0 Å². The van der Waals surface area contributed by atoms with Crippen molar-refractivity contribution < 1.29 is 36.6 Å². The number of rotatable bonds is 2. The maximum atomic E-state index is 13.2. The zero-order chi connectivity index (χ0) is 19.3. The first-order valence-corrected chi connectivity index (χ1v) is 7.46. The number of halogens is 6. The van der Waals surface area contributed by atoms with E-state index < -0.39 is 35.7 Å². The Bertz CT molecular complexity index is 826. The molecule has 0 unspecified atom stereocenters. The Morgan fingerprint density at radius 2 is 0.769 bits per heavy atom. The van der Waals surface area contributed by atoms with Crippen molar-refractivity contribution in [2.45, 2.75) is 24.6 Å². The highest BCUT2D eigenvalue weighted by atomic mass is 19.4. The predicted octanol–water partition coefficient (Wildman–Crippen LogP) is 5.18. The molecular weight excluding hydrogens is 362 g/mol. The summed E-state index contributed by atoms with van der Waals surface area (Å²) in [5, 5.41) is 18.9. The van der Waals surface area contributed by atoms with E-state index in [0.717, 1.165) is 0 Å². The minimum atomic E-state index is -5.00. The summed E-state index contributed by atoms with van der Waals surface area (Å²) in [5.74, 6) is 0. The van der Waals surface area contributed by atoms with Crippen molar-refractivity contribution in [1.82, 2.24) is 0 Å². The summed E-state index contributed by atoms with van der Waals surface area (Å²) < 4.78 is 79.0. The number of hydrogen-bond acceptors (Lipinski definition) is 2. The molecule has 0 saturated heterocycles. The van der Waals surface area contributed by atoms with E-state index in [9.17, 15) is 36.6 Å². The average Bonchev–Trinajstić information content (AvgIpc) is 2.56. The van der Waals surface area contributed by atoms with Crippen LogP contribution in [-0.4, -0.2) is 22.6 Å². The first-order valence-electron chi connectivity index (χ1n) is 7.46. The molecule has 2 nitrogen and oxygen atoms in total. The predicted molar refractivity (Wildman–Crippen MR) is 83.5 cm³/mol. The van der Waals surface area contributed by atoms with Crippen LogP contribution in [0.4, 0.5) is 26.3 Å². The van der Waals surface area contributed by atoms with E-state index in [0.29, 0.717) is 0 Å². The summed E-state index contributed by atoms with van der Waals surface area (Å²) in [6, 6.07) is 10.2. The van der Waals surface area contributed by atoms with Crippen molar-refractivity contribution in [3.05, 3.63) is 59.7 Å². The van der Waals surface area contributed by atoms with Crippen LogP contribution in [-0.2, 0) is 0 Å². The number of hydrogen-bond donors (Lipinski definition) is 2. The standard InChI is InChI=1S/C18H12F6O2/c19-17(20,21)15(25)13-9-5-1-2-6-10(9)14(16(26)18(22,23)24)12-8-4-3-7-11(12)13/h1-8,15-16,25-26H/t15-,16-/m0/s1. The van der Waals surface area contributed by atoms with Crippen LogP contribution in [0.5, 0.6) is 0 Å². The zero-order valence-corrected chi connectivity index (χ0v) is 12.9. The van der Waals surface area contributed by atoms with Gasteiger partial charge in [-0.25, -0.2) is 0 Å². The Balaban J connectivity index is 2.52. The highest BCUT2D eigenvalue weighted by molar-refractivity contribution is 6.06. The van der Waals surface area contributed by atoms with E-state index in [1.807, 2.05) is 0 Å². The third-order valence-corrected chi connectivity index (χ3v) is 4.18. The smallest absolute Gasteiger partial charge is 0.379 e. The lowest BCUT2D eigenvalue weighted by Crippen LogP contribution is -2.23. The van der Waals surface area contributed by atoms with Crippen LogP contribution < -0.4 is 0 Å². The third-order valence-electron chi connectivity index (χ3n) is 4.18. The molecule has 138 valence electrons. The molecule has 2 atom stereocenters. The summed E-state index contributed by atoms with van der Waals surface area (Å²) in [4.78, 5) is 0. The molecule has 0 aliphatic heterocycles. The van der Waals surface area contributed by atoms with Crippen LogP contribution in [0.2, 0.25) is 0 Å². The monoisotopic (exact) mass is 374 g/mol. The van der Waals surface area contributed by atoms with Gasteiger partial charge in [0.05, 0.1) is 0 Å². The van der Waals surface area contributed by atoms with Crippen molar-refractivity contribution in [3.8, 4) is 0 Å². The van der Waals surface area contributed by atoms with E-state index in [1.165, 1.54) is 48.5 Å². The topological polar surface area (TPSA) is 40.5 Å². The number of fused-ring (bicyclic) bond motifs is 2. The second-order valence-electron chi connectivity index (χ2n) is 5.81. The van der Waals surface area contributed by atoms with Gasteiger partial charge in [-0.15, -0.1) is 0 Å². The first kappa shape index (κ1) is 18.5. The van der Waals surface area contributed by atoms with Crippen LogP contribution >= 0.6 is 0 Å². The molecule has 3 aromatic carbocycles. The van der Waals surface area contributed by atoms with E-state index in [-0.39, 0.29) is 21.5 Å². The number of aliphatic hydroxyl groups excluding tert-OH is 2. The highest BCUT2D eigenvalue weighted by Gasteiger charge is 2.44. The van der Waals surface area contributed by atoms with Crippen molar-refractivity contribution >= 4 is 21.5 Å². The molecular formula is C18H12F6O2. The molecule has 3 aromatic rings. The molecule has 0 spiro atoms. The lowest BCUT2D eigenvalue weighted by Gasteiger charge is -2.24. The van der Waals surface area contributed by atoms with E-state index in [1.54, 1.807) is 0 Å². The van der Waals surface area contributed by atoms with Gasteiger partial charge in [0.25, 0.3) is 0 Å². The minimum Gasteiger partial charge on any atom is -0.379 e. The molecule has 26 heavy (non-hydrogen) atoms. The number of alkyl halides is 6. The largest absolute Gasteiger partial charge is 0.418 e. The summed E-state index contributed by atoms with van der Waals surface area (Å²) in [7, 11) is 0. The molecule has 0 fully saturated rings. The van der Waals surface area contributed by atoms with E-state index in [2.05, 4.69) is 0 Å². The lowest BCUT2D eigenvalue weighted by atomic mass is 9.87. The summed E-state index contributed by atoms with van der Waals surface area (Å²) in [6.45, 7) is 0. The lowest BCUT2D eigenvalue weighted by molar-refractivity contribution is -0.206.